The van der Waals surface area contributed by atoms with Gasteiger partial charge in [0.25, 0.3) is 0 Å². The van der Waals surface area contributed by atoms with E-state index in [1.54, 1.807) is 0 Å². The van der Waals surface area contributed by atoms with Crippen LogP contribution in [0.1, 0.15) is 46.0 Å². The van der Waals surface area contributed by atoms with E-state index in [9.17, 15) is 18.0 Å². The van der Waals surface area contributed by atoms with Gasteiger partial charge in [0.05, 0.1) is 6.42 Å². The summed E-state index contributed by atoms with van der Waals surface area (Å²) in [6.07, 6.45) is -2.09. The highest BCUT2D eigenvalue weighted by molar-refractivity contribution is 5.79. The molecule has 1 fully saturated rings. The van der Waals surface area contributed by atoms with Gasteiger partial charge in [0.2, 0.25) is 5.91 Å². The molecule has 4 nitrogen and oxygen atoms in total. The highest BCUT2D eigenvalue weighted by Gasteiger charge is 2.32. The number of rotatable bonds is 8. The Bertz CT molecular complexity index is 359. The van der Waals surface area contributed by atoms with E-state index in [0.29, 0.717) is 19.5 Å². The van der Waals surface area contributed by atoms with Crippen LogP contribution in [0.3, 0.4) is 0 Å². The Kier molecular flexibility index (Phi) is 8.33. The number of hydrogen-bond donors (Lipinski definition) is 1. The Balaban J connectivity index is 2.66. The van der Waals surface area contributed by atoms with Crippen LogP contribution in [0.25, 0.3) is 0 Å². The van der Waals surface area contributed by atoms with Crippen molar-refractivity contribution in [3.63, 3.8) is 0 Å². The molecular weight excluding hydrogens is 307 g/mol. The molecule has 0 spiro atoms. The molecule has 0 heterocycles. The van der Waals surface area contributed by atoms with Gasteiger partial charge in [0, 0.05) is 31.6 Å². The zero-order valence-electron chi connectivity index (χ0n) is 14.2. The first-order chi connectivity index (χ1) is 10.8. The SMILES string of the molecule is CCN(CC)CCN(CCC(F)(F)F)C(=O)C1CCCC(N)C1. The molecule has 1 saturated carbocycles. The van der Waals surface area contributed by atoms with Gasteiger partial charge < -0.3 is 15.5 Å². The van der Waals surface area contributed by atoms with Crippen molar-refractivity contribution in [1.82, 2.24) is 9.80 Å². The quantitative estimate of drug-likeness (QED) is 0.741. The molecule has 2 N–H and O–H groups in total. The number of carbonyl (C=O) groups excluding carboxylic acids is 1. The number of alkyl halides is 3. The first-order valence-corrected chi connectivity index (χ1v) is 8.60. The largest absolute Gasteiger partial charge is 0.390 e. The minimum atomic E-state index is -4.24. The predicted octanol–water partition coefficient (Wildman–Crippen LogP) is 2.63. The van der Waals surface area contributed by atoms with Crippen LogP contribution < -0.4 is 5.73 Å². The van der Waals surface area contributed by atoms with E-state index in [-0.39, 0.29) is 24.4 Å². The Morgan fingerprint density at radius 1 is 1.13 bits per heavy atom. The minimum Gasteiger partial charge on any atom is -0.341 e. The number of carbonyl (C=O) groups is 1. The number of halogens is 3. The third-order valence-electron chi connectivity index (χ3n) is 4.62. The Hall–Kier alpha value is -0.820. The highest BCUT2D eigenvalue weighted by atomic mass is 19.4. The maximum Gasteiger partial charge on any atom is 0.390 e. The predicted molar refractivity (Wildman–Crippen MR) is 85.0 cm³/mol. The van der Waals surface area contributed by atoms with Crippen LogP contribution >= 0.6 is 0 Å². The number of amides is 1. The molecule has 2 unspecified atom stereocenters. The molecule has 136 valence electrons. The Labute approximate surface area is 137 Å². The second-order valence-corrected chi connectivity index (χ2v) is 6.34. The number of nitrogens with two attached hydrogens (primary N) is 1. The van der Waals surface area contributed by atoms with E-state index < -0.39 is 12.6 Å². The molecule has 1 aliphatic carbocycles. The van der Waals surface area contributed by atoms with Crippen LogP contribution in [0, 0.1) is 5.92 Å². The summed E-state index contributed by atoms with van der Waals surface area (Å²) >= 11 is 0. The molecule has 1 aliphatic rings. The van der Waals surface area contributed by atoms with Gasteiger partial charge >= 0.3 is 6.18 Å². The van der Waals surface area contributed by atoms with E-state index in [4.69, 9.17) is 5.73 Å². The van der Waals surface area contributed by atoms with E-state index in [2.05, 4.69) is 4.90 Å². The van der Waals surface area contributed by atoms with Crippen molar-refractivity contribution in [3.8, 4) is 0 Å². The monoisotopic (exact) mass is 337 g/mol. The van der Waals surface area contributed by atoms with Crippen molar-refractivity contribution in [2.45, 2.75) is 58.2 Å². The van der Waals surface area contributed by atoms with Crippen molar-refractivity contribution in [2.75, 3.05) is 32.7 Å². The summed E-state index contributed by atoms with van der Waals surface area (Å²) in [4.78, 5) is 16.1. The van der Waals surface area contributed by atoms with Gasteiger partial charge in [-0.2, -0.15) is 13.2 Å². The molecule has 7 heteroatoms. The molecule has 0 radical (unpaired) electrons. The molecule has 0 aliphatic heterocycles. The summed E-state index contributed by atoms with van der Waals surface area (Å²) in [5.74, 6) is -0.375. The van der Waals surface area contributed by atoms with Crippen LogP contribution in [-0.2, 0) is 4.79 Å². The molecule has 0 aromatic carbocycles. The van der Waals surface area contributed by atoms with Crippen molar-refractivity contribution in [1.29, 1.82) is 0 Å². The molecule has 2 atom stereocenters. The van der Waals surface area contributed by atoms with Crippen molar-refractivity contribution in [2.24, 2.45) is 11.7 Å². The molecule has 1 amide bonds. The van der Waals surface area contributed by atoms with Crippen LogP contribution in [0.2, 0.25) is 0 Å². The van der Waals surface area contributed by atoms with Crippen LogP contribution in [0.4, 0.5) is 13.2 Å². The summed E-state index contributed by atoms with van der Waals surface area (Å²) in [7, 11) is 0. The van der Waals surface area contributed by atoms with E-state index in [0.717, 1.165) is 32.4 Å². The second kappa shape index (κ2) is 9.47. The lowest BCUT2D eigenvalue weighted by molar-refractivity contribution is -0.148. The Morgan fingerprint density at radius 3 is 2.30 bits per heavy atom. The zero-order valence-corrected chi connectivity index (χ0v) is 14.2. The molecule has 23 heavy (non-hydrogen) atoms. The fourth-order valence-electron chi connectivity index (χ4n) is 3.11. The maximum absolute atomic E-state index is 12.6. The lowest BCUT2D eigenvalue weighted by atomic mass is 9.85. The summed E-state index contributed by atoms with van der Waals surface area (Å²) in [6.45, 7) is 6.36. The minimum absolute atomic E-state index is 0.00931. The van der Waals surface area contributed by atoms with E-state index >= 15 is 0 Å². The first kappa shape index (κ1) is 20.2. The zero-order chi connectivity index (χ0) is 17.5. The molecule has 0 saturated heterocycles. The van der Waals surface area contributed by atoms with Crippen LogP contribution in [0.15, 0.2) is 0 Å². The van der Waals surface area contributed by atoms with Gasteiger partial charge in [-0.05, 0) is 32.4 Å². The normalized spacial score (nSPS) is 22.4. The summed E-state index contributed by atoms with van der Waals surface area (Å²) in [6, 6.07) is -0.00931. The molecule has 0 aromatic heterocycles. The van der Waals surface area contributed by atoms with Gasteiger partial charge in [-0.3, -0.25) is 4.79 Å². The third-order valence-corrected chi connectivity index (χ3v) is 4.62. The van der Waals surface area contributed by atoms with Gasteiger partial charge in [-0.1, -0.05) is 20.3 Å². The average Bonchev–Trinajstić information content (AvgIpc) is 2.49. The number of likely N-dealkylation sites (N-methyl/N-ethyl adjacent to an activating group) is 1. The maximum atomic E-state index is 12.6. The molecular formula is C16H30F3N3O. The van der Waals surface area contributed by atoms with Gasteiger partial charge in [0.15, 0.2) is 0 Å². The van der Waals surface area contributed by atoms with Gasteiger partial charge in [0.1, 0.15) is 0 Å². The smallest absolute Gasteiger partial charge is 0.341 e. The van der Waals surface area contributed by atoms with Gasteiger partial charge in [-0.15, -0.1) is 0 Å². The van der Waals surface area contributed by atoms with Gasteiger partial charge in [-0.25, -0.2) is 0 Å². The number of hydrogen-bond acceptors (Lipinski definition) is 3. The summed E-state index contributed by atoms with van der Waals surface area (Å²) < 4.78 is 37.6. The van der Waals surface area contributed by atoms with Crippen LogP contribution in [0.5, 0.6) is 0 Å². The van der Waals surface area contributed by atoms with E-state index in [1.165, 1.54) is 4.90 Å². The van der Waals surface area contributed by atoms with Crippen molar-refractivity contribution >= 4 is 5.91 Å². The van der Waals surface area contributed by atoms with E-state index in [1.807, 2.05) is 13.8 Å². The topological polar surface area (TPSA) is 49.6 Å². The van der Waals surface area contributed by atoms with Crippen molar-refractivity contribution in [3.05, 3.63) is 0 Å². The summed E-state index contributed by atoms with van der Waals surface area (Å²) in [5, 5.41) is 0. The third kappa shape index (κ3) is 7.52. The fourth-order valence-corrected chi connectivity index (χ4v) is 3.11. The van der Waals surface area contributed by atoms with Crippen molar-refractivity contribution < 1.29 is 18.0 Å². The average molecular weight is 337 g/mol. The first-order valence-electron chi connectivity index (χ1n) is 8.60. The lowest BCUT2D eigenvalue weighted by Gasteiger charge is -2.33. The molecule has 0 aromatic rings. The standard InChI is InChI=1S/C16H30F3N3O/c1-3-21(4-2)10-11-22(9-8-16(17,18)19)15(23)13-6-5-7-14(20)12-13/h13-14H,3-12,20H2,1-2H3. The molecule has 0 bridgehead atoms. The molecule has 1 rings (SSSR count). The summed E-state index contributed by atoms with van der Waals surface area (Å²) in [5.41, 5.74) is 5.91. The Morgan fingerprint density at radius 2 is 1.78 bits per heavy atom. The number of nitrogens with zero attached hydrogens (tertiary/aromatic N) is 2. The lowest BCUT2D eigenvalue weighted by Crippen LogP contribution is -2.45. The fraction of sp³-hybridized carbons (Fsp3) is 0.938. The highest BCUT2D eigenvalue weighted by Crippen LogP contribution is 2.26. The van der Waals surface area contributed by atoms with Crippen LogP contribution in [-0.4, -0.2) is 60.6 Å². The second-order valence-electron chi connectivity index (χ2n) is 6.34.